The average molecular weight is 401 g/mol. The number of nitrogens with zero attached hydrogens (tertiary/aromatic N) is 3. The van der Waals surface area contributed by atoms with Crippen LogP contribution in [0.1, 0.15) is 19.8 Å². The van der Waals surface area contributed by atoms with Crippen molar-refractivity contribution in [2.45, 2.75) is 30.2 Å². The van der Waals surface area contributed by atoms with Crippen LogP contribution in [0.25, 0.3) is 21.3 Å². The van der Waals surface area contributed by atoms with Crippen LogP contribution in [-0.4, -0.2) is 38.8 Å². The second-order valence-electron chi connectivity index (χ2n) is 6.56. The maximum Gasteiger partial charge on any atom is 0.282 e. The van der Waals surface area contributed by atoms with Gasteiger partial charge in [-0.1, -0.05) is 42.1 Å². The smallest absolute Gasteiger partial charge is 0.282 e. The van der Waals surface area contributed by atoms with E-state index < -0.39 is 0 Å². The highest BCUT2D eigenvalue weighted by Crippen LogP contribution is 2.32. The van der Waals surface area contributed by atoms with Crippen molar-refractivity contribution in [3.63, 3.8) is 0 Å². The normalized spacial score (nSPS) is 15.4. The van der Waals surface area contributed by atoms with E-state index in [9.17, 15) is 9.59 Å². The first-order valence-electron chi connectivity index (χ1n) is 8.86. The number of carbonyl (C=O) groups excluding carboxylic acids is 1. The Morgan fingerprint density at radius 3 is 2.67 bits per heavy atom. The van der Waals surface area contributed by atoms with Crippen LogP contribution in [0, 0.1) is 0 Å². The second kappa shape index (κ2) is 7.36. The van der Waals surface area contributed by atoms with Crippen LogP contribution in [0.2, 0.25) is 0 Å². The third-order valence-electron chi connectivity index (χ3n) is 4.74. The molecular formula is C19H20N4O2S2. The zero-order valence-electron chi connectivity index (χ0n) is 14.9. The molecule has 1 aromatic carbocycles. The highest BCUT2D eigenvalue weighted by molar-refractivity contribution is 8.00. The molecule has 6 nitrogen and oxygen atoms in total. The Morgan fingerprint density at radius 2 is 1.96 bits per heavy atom. The highest BCUT2D eigenvalue weighted by atomic mass is 32.2. The van der Waals surface area contributed by atoms with Gasteiger partial charge >= 0.3 is 0 Å². The van der Waals surface area contributed by atoms with E-state index in [4.69, 9.17) is 5.84 Å². The molecular weight excluding hydrogens is 380 g/mol. The minimum Gasteiger partial charge on any atom is -0.342 e. The Balaban J connectivity index is 1.68. The van der Waals surface area contributed by atoms with Gasteiger partial charge in [-0.25, -0.2) is 9.66 Å². The molecule has 2 aromatic heterocycles. The SMILES string of the molecule is C[C@@H](Sc1nc2scc(-c3ccccc3)c2c(=O)n1N)C(=O)N1CCCC1. The summed E-state index contributed by atoms with van der Waals surface area (Å²) < 4.78 is 1.07. The van der Waals surface area contributed by atoms with Gasteiger partial charge in [0.1, 0.15) is 4.83 Å². The molecule has 27 heavy (non-hydrogen) atoms. The lowest BCUT2D eigenvalue weighted by molar-refractivity contribution is -0.129. The van der Waals surface area contributed by atoms with Crippen LogP contribution < -0.4 is 11.4 Å². The fourth-order valence-electron chi connectivity index (χ4n) is 3.30. The van der Waals surface area contributed by atoms with Gasteiger partial charge in [0, 0.05) is 24.0 Å². The maximum absolute atomic E-state index is 12.9. The van der Waals surface area contributed by atoms with Crippen LogP contribution in [-0.2, 0) is 4.79 Å². The van der Waals surface area contributed by atoms with E-state index >= 15 is 0 Å². The average Bonchev–Trinajstić information content (AvgIpc) is 3.36. The summed E-state index contributed by atoms with van der Waals surface area (Å²) in [6.45, 7) is 3.44. The number of carbonyl (C=O) groups is 1. The summed E-state index contributed by atoms with van der Waals surface area (Å²) in [5.74, 6) is 6.13. The van der Waals surface area contributed by atoms with Gasteiger partial charge in [-0.15, -0.1) is 11.3 Å². The van der Waals surface area contributed by atoms with Gasteiger partial charge < -0.3 is 10.7 Å². The molecule has 8 heteroatoms. The van der Waals surface area contributed by atoms with Crippen molar-refractivity contribution < 1.29 is 4.79 Å². The first-order chi connectivity index (χ1) is 13.1. The number of thioether (sulfide) groups is 1. The number of amides is 1. The van der Waals surface area contributed by atoms with Gasteiger partial charge in [0.25, 0.3) is 5.56 Å². The number of rotatable bonds is 4. The van der Waals surface area contributed by atoms with E-state index in [0.717, 1.165) is 41.7 Å². The summed E-state index contributed by atoms with van der Waals surface area (Å²) in [5.41, 5.74) is 1.51. The van der Waals surface area contributed by atoms with Gasteiger partial charge in [0.2, 0.25) is 5.91 Å². The first-order valence-corrected chi connectivity index (χ1v) is 10.6. The van der Waals surface area contributed by atoms with Crippen LogP contribution in [0.4, 0.5) is 0 Å². The molecule has 140 valence electrons. The van der Waals surface area contributed by atoms with Crippen molar-refractivity contribution in [2.24, 2.45) is 0 Å². The molecule has 1 aliphatic heterocycles. The number of nitrogen functional groups attached to an aromatic ring is 1. The monoisotopic (exact) mass is 400 g/mol. The molecule has 1 amide bonds. The number of hydrogen-bond acceptors (Lipinski definition) is 6. The van der Waals surface area contributed by atoms with Crippen LogP contribution in [0.5, 0.6) is 0 Å². The molecule has 1 atom stereocenters. The van der Waals surface area contributed by atoms with Gasteiger partial charge in [-0.05, 0) is 25.3 Å². The zero-order valence-corrected chi connectivity index (χ0v) is 16.6. The number of benzene rings is 1. The van der Waals surface area contributed by atoms with Crippen molar-refractivity contribution in [3.8, 4) is 11.1 Å². The number of hydrogen-bond donors (Lipinski definition) is 1. The topological polar surface area (TPSA) is 81.2 Å². The second-order valence-corrected chi connectivity index (χ2v) is 8.72. The molecule has 1 aliphatic rings. The molecule has 1 saturated heterocycles. The largest absolute Gasteiger partial charge is 0.342 e. The van der Waals surface area contributed by atoms with Gasteiger partial charge in [0.15, 0.2) is 5.16 Å². The fourth-order valence-corrected chi connectivity index (χ4v) is 5.20. The molecule has 4 rings (SSSR count). The Bertz CT molecular complexity index is 1040. The molecule has 3 heterocycles. The summed E-state index contributed by atoms with van der Waals surface area (Å²) >= 11 is 2.66. The predicted octanol–water partition coefficient (Wildman–Crippen LogP) is 2.94. The lowest BCUT2D eigenvalue weighted by Crippen LogP contribution is -2.35. The molecule has 0 bridgehead atoms. The number of aromatic nitrogens is 2. The first kappa shape index (κ1) is 18.1. The molecule has 3 aromatic rings. The molecule has 0 unspecified atom stereocenters. The van der Waals surface area contributed by atoms with Gasteiger partial charge in [0.05, 0.1) is 10.6 Å². The van der Waals surface area contributed by atoms with Crippen LogP contribution in [0.15, 0.2) is 45.7 Å². The van der Waals surface area contributed by atoms with E-state index in [1.54, 1.807) is 0 Å². The number of likely N-dealkylation sites (tertiary alicyclic amines) is 1. The summed E-state index contributed by atoms with van der Waals surface area (Å²) in [6, 6.07) is 9.72. The number of thiophene rings is 1. The van der Waals surface area contributed by atoms with Gasteiger partial charge in [-0.2, -0.15) is 0 Å². The summed E-state index contributed by atoms with van der Waals surface area (Å²) in [7, 11) is 0. The van der Waals surface area contributed by atoms with Crippen molar-refractivity contribution in [2.75, 3.05) is 18.9 Å². The Hall–Kier alpha value is -2.32. The third kappa shape index (κ3) is 3.35. The van der Waals surface area contributed by atoms with E-state index in [2.05, 4.69) is 4.98 Å². The van der Waals surface area contributed by atoms with Crippen LogP contribution in [0.3, 0.4) is 0 Å². The zero-order chi connectivity index (χ0) is 19.0. The minimum atomic E-state index is -0.337. The lowest BCUT2D eigenvalue weighted by Gasteiger charge is -2.20. The van der Waals surface area contributed by atoms with E-state index in [0.29, 0.717) is 15.4 Å². The van der Waals surface area contributed by atoms with Crippen LogP contribution >= 0.6 is 23.1 Å². The standard InChI is InChI=1S/C19H20N4O2S2/c1-12(17(24)22-9-5-6-10-22)27-19-21-16-15(18(25)23(19)20)14(11-26-16)13-7-3-2-4-8-13/h2-4,7-8,11-12H,5-6,9-10,20H2,1H3/t12-/m1/s1. The fraction of sp³-hybridized carbons (Fsp3) is 0.316. The Morgan fingerprint density at radius 1 is 1.26 bits per heavy atom. The molecule has 0 spiro atoms. The van der Waals surface area contributed by atoms with Crippen molar-refractivity contribution in [1.29, 1.82) is 0 Å². The van der Waals surface area contributed by atoms with Crippen molar-refractivity contribution >= 4 is 39.2 Å². The molecule has 2 N–H and O–H groups in total. The van der Waals surface area contributed by atoms with E-state index in [1.807, 2.05) is 47.5 Å². The predicted molar refractivity (Wildman–Crippen MR) is 111 cm³/mol. The van der Waals surface area contributed by atoms with E-state index in [1.165, 1.54) is 23.1 Å². The third-order valence-corrected chi connectivity index (χ3v) is 6.67. The molecule has 0 radical (unpaired) electrons. The highest BCUT2D eigenvalue weighted by Gasteiger charge is 2.26. The molecule has 0 saturated carbocycles. The Kier molecular flexibility index (Phi) is 4.92. The molecule has 1 fully saturated rings. The number of fused-ring (bicyclic) bond motifs is 1. The van der Waals surface area contributed by atoms with Crippen molar-refractivity contribution in [3.05, 3.63) is 46.1 Å². The summed E-state index contributed by atoms with van der Waals surface area (Å²) in [5, 5.41) is 2.49. The Labute approximate surface area is 165 Å². The van der Waals surface area contributed by atoms with Gasteiger partial charge in [-0.3, -0.25) is 9.59 Å². The number of nitrogens with two attached hydrogens (primary N) is 1. The lowest BCUT2D eigenvalue weighted by atomic mass is 10.1. The quantitative estimate of drug-likeness (QED) is 0.414. The minimum absolute atomic E-state index is 0.0722. The summed E-state index contributed by atoms with van der Waals surface area (Å²) in [6.07, 6.45) is 2.10. The maximum atomic E-state index is 12.9. The summed E-state index contributed by atoms with van der Waals surface area (Å²) in [4.78, 5) is 32.5. The van der Waals surface area contributed by atoms with E-state index in [-0.39, 0.29) is 16.7 Å². The molecule has 0 aliphatic carbocycles. The van der Waals surface area contributed by atoms with Crippen molar-refractivity contribution in [1.82, 2.24) is 14.6 Å².